The van der Waals surface area contributed by atoms with Gasteiger partial charge in [-0.1, -0.05) is 103 Å². The summed E-state index contributed by atoms with van der Waals surface area (Å²) in [5, 5.41) is 0.458. The second-order valence-electron chi connectivity index (χ2n) is 12.0. The third kappa shape index (κ3) is 4.80. The van der Waals surface area contributed by atoms with Crippen LogP contribution in [0.15, 0.2) is 103 Å². The van der Waals surface area contributed by atoms with E-state index in [2.05, 4.69) is 0 Å². The van der Waals surface area contributed by atoms with Crippen molar-refractivity contribution in [1.29, 1.82) is 0 Å². The van der Waals surface area contributed by atoms with Gasteiger partial charge < -0.3 is 0 Å². The van der Waals surface area contributed by atoms with Gasteiger partial charge in [-0.25, -0.2) is 43.9 Å². The van der Waals surface area contributed by atoms with Crippen molar-refractivity contribution in [2.45, 2.75) is 26.7 Å². The van der Waals surface area contributed by atoms with Crippen molar-refractivity contribution in [3.05, 3.63) is 172 Å². The van der Waals surface area contributed by atoms with Gasteiger partial charge in [0.15, 0.2) is 34.9 Å². The summed E-state index contributed by atoms with van der Waals surface area (Å²) < 4.78 is 158. The lowest BCUT2D eigenvalue weighted by molar-refractivity contribution is 0.382. The van der Waals surface area contributed by atoms with Gasteiger partial charge in [0.1, 0.15) is 23.3 Å². The Bertz CT molecular complexity index is 2020. The SMILES string of the molecule is CCC/C=C/C1=C(c2ccc(C)cc2)[P+](c2ccccc2)(c2ccccc2)[B-]1(c1c(F)c(F)c(F)c(F)c1F)c1c(F)c(F)c(F)c(F)c1F. The number of halogens is 10. The highest BCUT2D eigenvalue weighted by atomic mass is 31.2. The molecule has 12 heteroatoms. The van der Waals surface area contributed by atoms with Crippen molar-refractivity contribution in [3.8, 4) is 0 Å². The Morgan fingerprint density at radius 3 is 1.28 bits per heavy atom. The van der Waals surface area contributed by atoms with Crippen molar-refractivity contribution >= 4 is 39.9 Å². The zero-order valence-electron chi connectivity index (χ0n) is 26.5. The summed E-state index contributed by atoms with van der Waals surface area (Å²) in [5.74, 6) is -29.0. The molecular weight excluding hydrogens is 688 g/mol. The van der Waals surface area contributed by atoms with Crippen LogP contribution in [0.4, 0.5) is 43.9 Å². The average Bonchev–Trinajstić information content (AvgIpc) is 3.13. The molecule has 5 aromatic carbocycles. The van der Waals surface area contributed by atoms with Gasteiger partial charge in [0.25, 0.3) is 5.87 Å². The summed E-state index contributed by atoms with van der Waals surface area (Å²) in [7, 11) is -4.31. The first-order valence-corrected chi connectivity index (χ1v) is 17.4. The zero-order valence-corrected chi connectivity index (χ0v) is 27.4. The van der Waals surface area contributed by atoms with Crippen LogP contribution in [0.1, 0.15) is 30.9 Å². The van der Waals surface area contributed by atoms with Crippen molar-refractivity contribution in [2.75, 3.05) is 0 Å². The van der Waals surface area contributed by atoms with Crippen LogP contribution in [0.5, 0.6) is 0 Å². The minimum atomic E-state index is -4.35. The molecule has 0 N–H and O–H groups in total. The molecule has 0 atom stereocenters. The maximum atomic E-state index is 16.6. The topological polar surface area (TPSA) is 0 Å². The highest BCUT2D eigenvalue weighted by Gasteiger charge is 2.73. The largest absolute Gasteiger partial charge is 0.277 e. The van der Waals surface area contributed by atoms with Crippen LogP contribution in [-0.4, -0.2) is 5.87 Å². The molecule has 5 aromatic rings. The van der Waals surface area contributed by atoms with Crippen LogP contribution in [0.3, 0.4) is 0 Å². The zero-order chi connectivity index (χ0) is 36.1. The highest BCUT2D eigenvalue weighted by molar-refractivity contribution is 8.30. The third-order valence-electron chi connectivity index (χ3n) is 9.38. The van der Waals surface area contributed by atoms with E-state index in [4.69, 9.17) is 0 Å². The standard InChI is InChI=1S/C38H26BF10P/c1-3-4-7-16-25-38(22-19-17-21(2)18-20-22)50(23-12-8-5-9-13-23,24-14-10-6-11-15-24)39(25,26-28(40)32(44)36(48)33(45)29(26)41)27-30(42)34(46)37(49)35(47)31(27)43/h5-20H,3-4H2,1-2H3/b16-7+. The monoisotopic (exact) mass is 714 g/mol. The Kier molecular flexibility index (Phi) is 9.33. The van der Waals surface area contributed by atoms with E-state index < -0.39 is 82.1 Å². The van der Waals surface area contributed by atoms with Gasteiger partial charge in [-0.05, 0) is 44.8 Å². The molecule has 1 heterocycles. The molecule has 50 heavy (non-hydrogen) atoms. The van der Waals surface area contributed by atoms with E-state index >= 15 is 35.1 Å². The molecule has 0 nitrogen and oxygen atoms in total. The molecule has 0 fully saturated rings. The van der Waals surface area contributed by atoms with E-state index in [-0.39, 0.29) is 27.8 Å². The fourth-order valence-electron chi connectivity index (χ4n) is 7.42. The van der Waals surface area contributed by atoms with Crippen molar-refractivity contribution in [3.63, 3.8) is 0 Å². The Hall–Kier alpha value is -4.63. The maximum Gasteiger partial charge on any atom is 0.277 e. The normalized spacial score (nSPS) is 15.1. The molecule has 1 aliphatic heterocycles. The molecule has 0 saturated carbocycles. The van der Waals surface area contributed by atoms with Gasteiger partial charge in [0.2, 0.25) is 0 Å². The molecule has 0 unspecified atom stereocenters. The summed E-state index contributed by atoms with van der Waals surface area (Å²) in [4.78, 5) is 0. The quantitative estimate of drug-likeness (QED) is 0.0494. The maximum absolute atomic E-state index is 16.6. The molecule has 0 bridgehead atoms. The Morgan fingerprint density at radius 1 is 0.520 bits per heavy atom. The van der Waals surface area contributed by atoms with Crippen LogP contribution in [-0.2, 0) is 0 Å². The summed E-state index contributed by atoms with van der Waals surface area (Å²) in [5.41, 5.74) is -2.58. The molecule has 256 valence electrons. The minimum absolute atomic E-state index is 0.127. The number of allylic oxidation sites excluding steroid dienone is 3. The number of aryl methyl sites for hydroxylation is 1. The molecule has 0 saturated heterocycles. The molecule has 6 rings (SSSR count). The van der Waals surface area contributed by atoms with Crippen molar-refractivity contribution in [2.24, 2.45) is 0 Å². The molecule has 1 aliphatic rings. The molecule has 0 aromatic heterocycles. The van der Waals surface area contributed by atoms with E-state index in [1.165, 1.54) is 60.7 Å². The fourth-order valence-corrected chi connectivity index (χ4v) is 13.7. The second kappa shape index (κ2) is 13.3. The number of hydrogen-bond donors (Lipinski definition) is 0. The summed E-state index contributed by atoms with van der Waals surface area (Å²) in [6, 6.07) is 21.5. The molecule has 0 aliphatic carbocycles. The van der Waals surface area contributed by atoms with Crippen LogP contribution in [0.25, 0.3) is 5.31 Å². The predicted molar refractivity (Wildman–Crippen MR) is 179 cm³/mol. The van der Waals surface area contributed by atoms with E-state index in [1.54, 1.807) is 50.2 Å². The third-order valence-corrected chi connectivity index (χ3v) is 14.8. The summed E-state index contributed by atoms with van der Waals surface area (Å²) >= 11 is 0. The average molecular weight is 714 g/mol. The highest BCUT2D eigenvalue weighted by Crippen LogP contribution is 2.83. The van der Waals surface area contributed by atoms with E-state index in [0.717, 1.165) is 5.56 Å². The molecular formula is C38H26BF10P. The van der Waals surface area contributed by atoms with Gasteiger partial charge in [-0.2, -0.15) is 0 Å². The molecule has 0 amide bonds. The minimum Gasteiger partial charge on any atom is -0.207 e. The smallest absolute Gasteiger partial charge is 0.207 e. The van der Waals surface area contributed by atoms with E-state index in [0.29, 0.717) is 12.0 Å². The van der Waals surface area contributed by atoms with Gasteiger partial charge in [0.05, 0.1) is 10.6 Å². The number of unbranched alkanes of at least 4 members (excludes halogenated alkanes) is 1. The number of hydrogen-bond acceptors (Lipinski definition) is 0. The summed E-state index contributed by atoms with van der Waals surface area (Å²) in [6.45, 7) is 3.55. The van der Waals surface area contributed by atoms with Crippen LogP contribution < -0.4 is 21.5 Å². The first-order chi connectivity index (χ1) is 23.9. The molecule has 0 spiro atoms. The second-order valence-corrected chi connectivity index (χ2v) is 15.7. The number of rotatable bonds is 8. The first-order valence-electron chi connectivity index (χ1n) is 15.6. The van der Waals surface area contributed by atoms with E-state index in [9.17, 15) is 8.78 Å². The van der Waals surface area contributed by atoms with Crippen molar-refractivity contribution in [1.82, 2.24) is 0 Å². The van der Waals surface area contributed by atoms with Crippen molar-refractivity contribution < 1.29 is 43.9 Å². The van der Waals surface area contributed by atoms with Gasteiger partial charge in [-0.3, -0.25) is 0 Å². The van der Waals surface area contributed by atoms with Gasteiger partial charge in [0, 0.05) is 10.9 Å². The lowest BCUT2D eigenvalue weighted by Gasteiger charge is -2.61. The van der Waals surface area contributed by atoms with Crippen LogP contribution in [0.2, 0.25) is 0 Å². The fraction of sp³-hybridized carbons (Fsp3) is 0.105. The number of benzene rings is 5. The predicted octanol–water partition coefficient (Wildman–Crippen LogP) is 9.43. The van der Waals surface area contributed by atoms with Gasteiger partial charge >= 0.3 is 0 Å². The van der Waals surface area contributed by atoms with Crippen LogP contribution in [0, 0.1) is 65.1 Å². The Morgan fingerprint density at radius 2 is 0.900 bits per heavy atom. The lowest BCUT2D eigenvalue weighted by Crippen LogP contribution is -2.73. The lowest BCUT2D eigenvalue weighted by atomic mass is 9.32. The first kappa shape index (κ1) is 35.2. The summed E-state index contributed by atoms with van der Waals surface area (Å²) in [6.07, 6.45) is 3.49. The van der Waals surface area contributed by atoms with Crippen LogP contribution >= 0.6 is 7.14 Å². The Balaban J connectivity index is 2.06. The van der Waals surface area contributed by atoms with Gasteiger partial charge in [-0.15, -0.1) is 5.47 Å². The Labute approximate surface area is 282 Å². The molecule has 0 radical (unpaired) electrons. The van der Waals surface area contributed by atoms with E-state index in [1.807, 2.05) is 0 Å².